The summed E-state index contributed by atoms with van der Waals surface area (Å²) in [6.45, 7) is 8.68. The Kier molecular flexibility index (Phi) is 4.14. The molecule has 0 bridgehead atoms. The third-order valence-corrected chi connectivity index (χ3v) is 3.37. The molecule has 0 aliphatic carbocycles. The van der Waals surface area contributed by atoms with Crippen molar-refractivity contribution in [1.29, 1.82) is 0 Å². The molecule has 0 unspecified atom stereocenters. The van der Waals surface area contributed by atoms with E-state index in [0.29, 0.717) is 17.9 Å². The Morgan fingerprint density at radius 3 is 2.27 bits per heavy atom. The first kappa shape index (κ1) is 12.5. The summed E-state index contributed by atoms with van der Waals surface area (Å²) in [7, 11) is 1.47. The summed E-state index contributed by atoms with van der Waals surface area (Å²) in [4.78, 5) is 11.6. The van der Waals surface area contributed by atoms with Gasteiger partial charge in [0.1, 0.15) is 0 Å². The standard InChI is InChI=1S/C12H23NO2/c1-7(2)10-6-9(12(14)15-5)11(13-10)8(3)4/h7-11,13H,6H2,1-5H3/t9-,10-,11+/m1/s1. The van der Waals surface area contributed by atoms with E-state index in [-0.39, 0.29) is 17.9 Å². The van der Waals surface area contributed by atoms with Crippen molar-refractivity contribution in [2.45, 2.75) is 46.2 Å². The smallest absolute Gasteiger partial charge is 0.310 e. The minimum atomic E-state index is -0.0654. The van der Waals surface area contributed by atoms with Crippen molar-refractivity contribution in [3.8, 4) is 0 Å². The van der Waals surface area contributed by atoms with Crippen LogP contribution in [-0.4, -0.2) is 25.2 Å². The van der Waals surface area contributed by atoms with Crippen molar-refractivity contribution in [1.82, 2.24) is 5.32 Å². The second-order valence-corrected chi connectivity index (χ2v) is 5.15. The van der Waals surface area contributed by atoms with Gasteiger partial charge in [0.15, 0.2) is 0 Å². The minimum absolute atomic E-state index is 0.0300. The lowest BCUT2D eigenvalue weighted by atomic mass is 9.90. The summed E-state index contributed by atoms with van der Waals surface area (Å²) >= 11 is 0. The first-order valence-corrected chi connectivity index (χ1v) is 5.81. The highest BCUT2D eigenvalue weighted by Crippen LogP contribution is 2.29. The molecule has 1 aliphatic heterocycles. The van der Waals surface area contributed by atoms with E-state index >= 15 is 0 Å². The molecule has 3 atom stereocenters. The zero-order valence-corrected chi connectivity index (χ0v) is 10.4. The highest BCUT2D eigenvalue weighted by atomic mass is 16.5. The van der Waals surface area contributed by atoms with Crippen molar-refractivity contribution in [3.05, 3.63) is 0 Å². The number of hydrogen-bond donors (Lipinski definition) is 1. The minimum Gasteiger partial charge on any atom is -0.469 e. The maximum absolute atomic E-state index is 11.6. The van der Waals surface area contributed by atoms with Gasteiger partial charge in [-0.2, -0.15) is 0 Å². The van der Waals surface area contributed by atoms with Gasteiger partial charge in [0.2, 0.25) is 0 Å². The van der Waals surface area contributed by atoms with E-state index in [1.807, 2.05) is 0 Å². The molecule has 0 aromatic heterocycles. The average molecular weight is 213 g/mol. The fourth-order valence-corrected chi connectivity index (χ4v) is 2.37. The van der Waals surface area contributed by atoms with Gasteiger partial charge in [-0.05, 0) is 18.3 Å². The van der Waals surface area contributed by atoms with Crippen molar-refractivity contribution in [2.24, 2.45) is 17.8 Å². The first-order chi connectivity index (χ1) is 6.97. The van der Waals surface area contributed by atoms with Crippen LogP contribution < -0.4 is 5.32 Å². The average Bonchev–Trinajstić information content (AvgIpc) is 2.61. The Balaban J connectivity index is 2.72. The summed E-state index contributed by atoms with van der Waals surface area (Å²) < 4.78 is 4.86. The zero-order chi connectivity index (χ0) is 11.6. The second-order valence-electron chi connectivity index (χ2n) is 5.15. The summed E-state index contributed by atoms with van der Waals surface area (Å²) in [5.41, 5.74) is 0. The van der Waals surface area contributed by atoms with Gasteiger partial charge in [-0.1, -0.05) is 27.7 Å². The van der Waals surface area contributed by atoms with Gasteiger partial charge in [0.05, 0.1) is 13.0 Å². The number of hydrogen-bond acceptors (Lipinski definition) is 3. The van der Waals surface area contributed by atoms with Crippen LogP contribution in [0, 0.1) is 17.8 Å². The van der Waals surface area contributed by atoms with E-state index in [1.54, 1.807) is 0 Å². The lowest BCUT2D eigenvalue weighted by Crippen LogP contribution is -2.39. The predicted molar refractivity (Wildman–Crippen MR) is 60.5 cm³/mol. The molecule has 1 N–H and O–H groups in total. The molecule has 1 rings (SSSR count). The van der Waals surface area contributed by atoms with Gasteiger partial charge in [0, 0.05) is 12.1 Å². The van der Waals surface area contributed by atoms with Gasteiger partial charge in [0.25, 0.3) is 0 Å². The summed E-state index contributed by atoms with van der Waals surface area (Å²) in [5.74, 6) is 1.01. The Morgan fingerprint density at radius 2 is 1.87 bits per heavy atom. The highest BCUT2D eigenvalue weighted by Gasteiger charge is 2.41. The Morgan fingerprint density at radius 1 is 1.27 bits per heavy atom. The van der Waals surface area contributed by atoms with Crippen LogP contribution >= 0.6 is 0 Å². The third-order valence-electron chi connectivity index (χ3n) is 3.37. The van der Waals surface area contributed by atoms with E-state index in [1.165, 1.54) is 7.11 Å². The van der Waals surface area contributed by atoms with Crippen molar-refractivity contribution < 1.29 is 9.53 Å². The quantitative estimate of drug-likeness (QED) is 0.727. The number of carbonyl (C=O) groups excluding carboxylic acids is 1. The second kappa shape index (κ2) is 4.97. The van der Waals surface area contributed by atoms with E-state index in [9.17, 15) is 4.79 Å². The van der Waals surface area contributed by atoms with Crippen LogP contribution in [-0.2, 0) is 9.53 Å². The lowest BCUT2D eigenvalue weighted by Gasteiger charge is -2.22. The van der Waals surface area contributed by atoms with Crippen molar-refractivity contribution in [2.75, 3.05) is 7.11 Å². The molecule has 15 heavy (non-hydrogen) atoms. The van der Waals surface area contributed by atoms with Crippen molar-refractivity contribution in [3.63, 3.8) is 0 Å². The predicted octanol–water partition coefficient (Wildman–Crippen LogP) is 1.82. The molecule has 1 aliphatic rings. The van der Waals surface area contributed by atoms with Gasteiger partial charge in [-0.15, -0.1) is 0 Å². The SMILES string of the molecule is COC(=O)[C@@H]1C[C@H](C(C)C)N[C@H]1C(C)C. The fourth-order valence-electron chi connectivity index (χ4n) is 2.37. The molecule has 0 saturated carbocycles. The third kappa shape index (κ3) is 2.71. The van der Waals surface area contributed by atoms with Crippen LogP contribution in [0.25, 0.3) is 0 Å². The Labute approximate surface area is 92.6 Å². The summed E-state index contributed by atoms with van der Waals surface area (Å²) in [5, 5.41) is 3.55. The van der Waals surface area contributed by atoms with E-state index in [4.69, 9.17) is 4.74 Å². The van der Waals surface area contributed by atoms with Gasteiger partial charge in [-0.3, -0.25) is 4.79 Å². The summed E-state index contributed by atoms with van der Waals surface area (Å²) in [6.07, 6.45) is 0.910. The monoisotopic (exact) mass is 213 g/mol. The molecule has 1 heterocycles. The molecule has 88 valence electrons. The molecule has 0 aromatic carbocycles. The molecular weight excluding hydrogens is 190 g/mol. The number of nitrogens with one attached hydrogen (secondary N) is 1. The van der Waals surface area contributed by atoms with Crippen molar-refractivity contribution >= 4 is 5.97 Å². The van der Waals surface area contributed by atoms with Crippen LogP contribution in [0.1, 0.15) is 34.1 Å². The Hall–Kier alpha value is -0.570. The number of carbonyl (C=O) groups is 1. The van der Waals surface area contributed by atoms with Gasteiger partial charge >= 0.3 is 5.97 Å². The number of methoxy groups -OCH3 is 1. The normalized spacial score (nSPS) is 31.3. The van der Waals surface area contributed by atoms with Crippen LogP contribution in [0.5, 0.6) is 0 Å². The number of ether oxygens (including phenoxy) is 1. The molecule has 0 spiro atoms. The Bertz CT molecular complexity index is 226. The van der Waals surface area contributed by atoms with Crippen LogP contribution in [0.3, 0.4) is 0 Å². The van der Waals surface area contributed by atoms with E-state index in [2.05, 4.69) is 33.0 Å². The first-order valence-electron chi connectivity index (χ1n) is 5.81. The maximum Gasteiger partial charge on any atom is 0.310 e. The summed E-state index contributed by atoms with van der Waals surface area (Å²) in [6, 6.07) is 0.714. The van der Waals surface area contributed by atoms with E-state index in [0.717, 1.165) is 6.42 Å². The van der Waals surface area contributed by atoms with Gasteiger partial charge < -0.3 is 10.1 Å². The topological polar surface area (TPSA) is 38.3 Å². The fraction of sp³-hybridized carbons (Fsp3) is 0.917. The van der Waals surface area contributed by atoms with E-state index < -0.39 is 0 Å². The van der Waals surface area contributed by atoms with Crippen LogP contribution in [0.15, 0.2) is 0 Å². The van der Waals surface area contributed by atoms with Crippen LogP contribution in [0.2, 0.25) is 0 Å². The molecule has 0 amide bonds. The molecule has 3 heteroatoms. The van der Waals surface area contributed by atoms with Crippen LogP contribution in [0.4, 0.5) is 0 Å². The molecule has 0 radical (unpaired) electrons. The largest absolute Gasteiger partial charge is 0.469 e. The number of esters is 1. The number of rotatable bonds is 3. The maximum atomic E-state index is 11.6. The molecule has 1 fully saturated rings. The zero-order valence-electron chi connectivity index (χ0n) is 10.4. The highest BCUT2D eigenvalue weighted by molar-refractivity contribution is 5.73. The molecular formula is C12H23NO2. The molecule has 1 saturated heterocycles. The molecule has 3 nitrogen and oxygen atoms in total. The lowest BCUT2D eigenvalue weighted by molar-refractivity contribution is -0.146. The molecule has 0 aromatic rings. The van der Waals surface area contributed by atoms with Gasteiger partial charge in [-0.25, -0.2) is 0 Å².